The molecule has 0 radical (unpaired) electrons. The fraction of sp³-hybridized carbons (Fsp3) is 0.429. The molecule has 0 spiro atoms. The van der Waals surface area contributed by atoms with Gasteiger partial charge >= 0.3 is 5.97 Å². The van der Waals surface area contributed by atoms with Gasteiger partial charge in [0.05, 0.1) is 5.92 Å². The van der Waals surface area contributed by atoms with Gasteiger partial charge in [0, 0.05) is 24.3 Å². The van der Waals surface area contributed by atoms with Crippen LogP contribution in [0.25, 0.3) is 0 Å². The van der Waals surface area contributed by atoms with Gasteiger partial charge in [0.15, 0.2) is 0 Å². The summed E-state index contributed by atoms with van der Waals surface area (Å²) in [6, 6.07) is 5.80. The SMILES string of the molecule is CC(CCNc1ccc2c(c1)CCC(=O)N2)C(=O)O. The zero-order valence-electron chi connectivity index (χ0n) is 10.9. The Morgan fingerprint density at radius 2 is 2.26 bits per heavy atom. The molecule has 5 heteroatoms. The average molecular weight is 262 g/mol. The summed E-state index contributed by atoms with van der Waals surface area (Å²) in [5.41, 5.74) is 2.96. The Bertz CT molecular complexity index is 499. The van der Waals surface area contributed by atoms with Gasteiger partial charge in [0.2, 0.25) is 5.91 Å². The van der Waals surface area contributed by atoms with Gasteiger partial charge in [0.1, 0.15) is 0 Å². The molecule has 19 heavy (non-hydrogen) atoms. The number of carboxylic acid groups (broad SMARTS) is 1. The molecular weight excluding hydrogens is 244 g/mol. The highest BCUT2D eigenvalue weighted by Gasteiger charge is 2.15. The first-order valence-electron chi connectivity index (χ1n) is 6.45. The zero-order valence-corrected chi connectivity index (χ0v) is 10.9. The fourth-order valence-corrected chi connectivity index (χ4v) is 2.05. The van der Waals surface area contributed by atoms with Gasteiger partial charge in [-0.1, -0.05) is 6.92 Å². The van der Waals surface area contributed by atoms with Gasteiger partial charge in [-0.15, -0.1) is 0 Å². The maximum absolute atomic E-state index is 11.2. The highest BCUT2D eigenvalue weighted by molar-refractivity contribution is 5.94. The summed E-state index contributed by atoms with van der Waals surface area (Å²) in [5, 5.41) is 14.8. The first kappa shape index (κ1) is 13.4. The number of fused-ring (bicyclic) bond motifs is 1. The number of aryl methyl sites for hydroxylation is 1. The molecule has 0 saturated heterocycles. The molecule has 0 aromatic heterocycles. The van der Waals surface area contributed by atoms with E-state index in [0.29, 0.717) is 19.4 Å². The minimum absolute atomic E-state index is 0.0588. The second kappa shape index (κ2) is 5.73. The zero-order chi connectivity index (χ0) is 13.8. The molecule has 0 saturated carbocycles. The predicted molar refractivity (Wildman–Crippen MR) is 73.3 cm³/mol. The summed E-state index contributed by atoms with van der Waals surface area (Å²) >= 11 is 0. The third-order valence-electron chi connectivity index (χ3n) is 3.33. The van der Waals surface area contributed by atoms with Gasteiger partial charge < -0.3 is 15.7 Å². The maximum atomic E-state index is 11.2. The van der Waals surface area contributed by atoms with E-state index >= 15 is 0 Å². The number of hydrogen-bond donors (Lipinski definition) is 3. The van der Waals surface area contributed by atoms with E-state index in [1.54, 1.807) is 6.92 Å². The largest absolute Gasteiger partial charge is 0.481 e. The summed E-state index contributed by atoms with van der Waals surface area (Å²) in [5.74, 6) is -1.05. The number of anilines is 2. The second-order valence-electron chi connectivity index (χ2n) is 4.87. The molecule has 1 atom stereocenters. The van der Waals surface area contributed by atoms with Crippen molar-refractivity contribution in [3.05, 3.63) is 23.8 Å². The quantitative estimate of drug-likeness (QED) is 0.759. The molecule has 1 unspecified atom stereocenters. The van der Waals surface area contributed by atoms with Crippen LogP contribution in [-0.4, -0.2) is 23.5 Å². The van der Waals surface area contributed by atoms with Crippen molar-refractivity contribution in [1.29, 1.82) is 0 Å². The Balaban J connectivity index is 1.92. The summed E-state index contributed by atoms with van der Waals surface area (Å²) in [4.78, 5) is 21.9. The lowest BCUT2D eigenvalue weighted by Crippen LogP contribution is -2.19. The molecule has 102 valence electrons. The molecule has 1 heterocycles. The molecule has 3 N–H and O–H groups in total. The van der Waals surface area contributed by atoms with Crippen LogP contribution in [0, 0.1) is 5.92 Å². The van der Waals surface area contributed by atoms with Gasteiger partial charge in [-0.25, -0.2) is 0 Å². The number of rotatable bonds is 5. The molecule has 2 rings (SSSR count). The minimum atomic E-state index is -0.769. The number of benzene rings is 1. The normalized spacial score (nSPS) is 15.3. The van der Waals surface area contributed by atoms with Gasteiger partial charge in [-0.2, -0.15) is 0 Å². The van der Waals surface area contributed by atoms with E-state index in [-0.39, 0.29) is 11.8 Å². The lowest BCUT2D eigenvalue weighted by atomic mass is 10.0. The Morgan fingerprint density at radius 1 is 1.47 bits per heavy atom. The average Bonchev–Trinajstić information content (AvgIpc) is 2.38. The molecule has 0 fully saturated rings. The molecule has 0 aliphatic carbocycles. The molecule has 1 aliphatic rings. The van der Waals surface area contributed by atoms with Crippen LogP contribution in [0.3, 0.4) is 0 Å². The number of amides is 1. The van der Waals surface area contributed by atoms with Gasteiger partial charge in [-0.05, 0) is 36.6 Å². The summed E-state index contributed by atoms with van der Waals surface area (Å²) in [6.45, 7) is 2.32. The van der Waals surface area contributed by atoms with Crippen molar-refractivity contribution in [3.8, 4) is 0 Å². The number of carbonyl (C=O) groups is 2. The summed E-state index contributed by atoms with van der Waals surface area (Å²) < 4.78 is 0. The van der Waals surface area contributed by atoms with Crippen molar-refractivity contribution < 1.29 is 14.7 Å². The van der Waals surface area contributed by atoms with Crippen LogP contribution in [0.15, 0.2) is 18.2 Å². The maximum Gasteiger partial charge on any atom is 0.306 e. The van der Waals surface area contributed by atoms with Crippen LogP contribution in [0.2, 0.25) is 0 Å². The van der Waals surface area contributed by atoms with Crippen LogP contribution in [0.4, 0.5) is 11.4 Å². The number of aliphatic carboxylic acids is 1. The van der Waals surface area contributed by atoms with Gasteiger partial charge in [-0.3, -0.25) is 9.59 Å². The smallest absolute Gasteiger partial charge is 0.306 e. The number of carboxylic acids is 1. The van der Waals surface area contributed by atoms with E-state index in [9.17, 15) is 9.59 Å². The van der Waals surface area contributed by atoms with Crippen LogP contribution in [0.1, 0.15) is 25.3 Å². The molecular formula is C14H18N2O3. The molecule has 1 aromatic rings. The van der Waals surface area contributed by atoms with E-state index in [4.69, 9.17) is 5.11 Å². The van der Waals surface area contributed by atoms with Crippen molar-refractivity contribution in [2.24, 2.45) is 5.92 Å². The van der Waals surface area contributed by atoms with Crippen molar-refractivity contribution in [1.82, 2.24) is 0 Å². The standard InChI is InChI=1S/C14H18N2O3/c1-9(14(18)19)6-7-15-11-3-4-12-10(8-11)2-5-13(17)16-12/h3-4,8-9,15H,2,5-7H2,1H3,(H,16,17)(H,18,19). The number of nitrogens with one attached hydrogen (secondary N) is 2. The lowest BCUT2D eigenvalue weighted by molar-refractivity contribution is -0.141. The Morgan fingerprint density at radius 3 is 3.00 bits per heavy atom. The van der Waals surface area contributed by atoms with E-state index in [1.165, 1.54) is 0 Å². The third-order valence-corrected chi connectivity index (χ3v) is 3.33. The van der Waals surface area contributed by atoms with Crippen molar-refractivity contribution in [2.45, 2.75) is 26.2 Å². The summed E-state index contributed by atoms with van der Waals surface area (Å²) in [7, 11) is 0. The Kier molecular flexibility index (Phi) is 4.04. The predicted octanol–water partition coefficient (Wildman–Crippen LogP) is 2.09. The van der Waals surface area contributed by atoms with Crippen LogP contribution in [0.5, 0.6) is 0 Å². The van der Waals surface area contributed by atoms with E-state index in [2.05, 4.69) is 10.6 Å². The number of carbonyl (C=O) groups excluding carboxylic acids is 1. The highest BCUT2D eigenvalue weighted by atomic mass is 16.4. The lowest BCUT2D eigenvalue weighted by Gasteiger charge is -2.18. The van der Waals surface area contributed by atoms with E-state index < -0.39 is 5.97 Å². The second-order valence-corrected chi connectivity index (χ2v) is 4.87. The van der Waals surface area contributed by atoms with Crippen LogP contribution in [-0.2, 0) is 16.0 Å². The molecule has 1 amide bonds. The van der Waals surface area contributed by atoms with Crippen LogP contribution < -0.4 is 10.6 Å². The van der Waals surface area contributed by atoms with E-state index in [0.717, 1.165) is 23.4 Å². The molecule has 1 aliphatic heterocycles. The molecule has 5 nitrogen and oxygen atoms in total. The monoisotopic (exact) mass is 262 g/mol. The first-order chi connectivity index (χ1) is 9.06. The third kappa shape index (κ3) is 3.47. The molecule has 0 bridgehead atoms. The van der Waals surface area contributed by atoms with Crippen molar-refractivity contribution >= 4 is 23.3 Å². The molecule has 1 aromatic carbocycles. The Hall–Kier alpha value is -2.04. The number of hydrogen-bond acceptors (Lipinski definition) is 3. The van der Waals surface area contributed by atoms with Crippen molar-refractivity contribution in [3.63, 3.8) is 0 Å². The minimum Gasteiger partial charge on any atom is -0.481 e. The van der Waals surface area contributed by atoms with Gasteiger partial charge in [0.25, 0.3) is 0 Å². The van der Waals surface area contributed by atoms with Crippen LogP contribution >= 0.6 is 0 Å². The topological polar surface area (TPSA) is 78.4 Å². The van der Waals surface area contributed by atoms with E-state index in [1.807, 2.05) is 18.2 Å². The highest BCUT2D eigenvalue weighted by Crippen LogP contribution is 2.25. The fourth-order valence-electron chi connectivity index (χ4n) is 2.05. The Labute approximate surface area is 112 Å². The summed E-state index contributed by atoms with van der Waals surface area (Å²) in [6.07, 6.45) is 1.86. The van der Waals surface area contributed by atoms with Crippen molar-refractivity contribution in [2.75, 3.05) is 17.2 Å². The first-order valence-corrected chi connectivity index (χ1v) is 6.45.